The molecule has 1 aliphatic rings. The fourth-order valence-electron chi connectivity index (χ4n) is 2.52. The Kier molecular flexibility index (Phi) is 4.35. The van der Waals surface area contributed by atoms with E-state index in [0.717, 1.165) is 19.3 Å². The average molecular weight is 282 g/mol. The highest BCUT2D eigenvalue weighted by Crippen LogP contribution is 2.32. The van der Waals surface area contributed by atoms with Crippen LogP contribution in [0.4, 0.5) is 5.69 Å². The number of ether oxygens (including phenoxy) is 1. The van der Waals surface area contributed by atoms with Crippen LogP contribution in [0.15, 0.2) is 18.2 Å². The van der Waals surface area contributed by atoms with Crippen LogP contribution in [0.3, 0.4) is 0 Å². The second-order valence-electron chi connectivity index (χ2n) is 5.53. The highest BCUT2D eigenvalue weighted by Gasteiger charge is 2.27. The van der Waals surface area contributed by atoms with Crippen molar-refractivity contribution in [3.63, 3.8) is 0 Å². The van der Waals surface area contributed by atoms with Crippen molar-refractivity contribution in [3.8, 4) is 0 Å². The topological polar surface area (TPSA) is 52.3 Å². The number of carbonyl (C=O) groups excluding carboxylic acids is 1. The van der Waals surface area contributed by atoms with Gasteiger partial charge in [0, 0.05) is 5.69 Å². The number of esters is 1. The molecule has 1 aliphatic carbocycles. The minimum absolute atomic E-state index is 0.00352. The number of hydrogen-bond acceptors (Lipinski definition) is 3. The van der Waals surface area contributed by atoms with E-state index in [1.165, 1.54) is 0 Å². The Morgan fingerprint density at radius 3 is 2.74 bits per heavy atom. The lowest BCUT2D eigenvalue weighted by Crippen LogP contribution is -2.28. The van der Waals surface area contributed by atoms with Crippen LogP contribution in [0.25, 0.3) is 0 Å². The van der Waals surface area contributed by atoms with Crippen LogP contribution in [0.2, 0.25) is 5.02 Å². The van der Waals surface area contributed by atoms with Gasteiger partial charge >= 0.3 is 5.97 Å². The first-order valence-corrected chi connectivity index (χ1v) is 7.11. The van der Waals surface area contributed by atoms with Crippen LogP contribution in [-0.2, 0) is 4.74 Å². The van der Waals surface area contributed by atoms with Gasteiger partial charge in [-0.1, -0.05) is 25.4 Å². The Balaban J connectivity index is 2.03. The van der Waals surface area contributed by atoms with Crippen molar-refractivity contribution in [3.05, 3.63) is 28.8 Å². The maximum atomic E-state index is 12.1. The molecule has 1 saturated carbocycles. The lowest BCUT2D eigenvalue weighted by atomic mass is 9.80. The summed E-state index contributed by atoms with van der Waals surface area (Å²) in [5.41, 5.74) is 6.54. The minimum Gasteiger partial charge on any atom is -0.459 e. The molecule has 0 heterocycles. The van der Waals surface area contributed by atoms with Crippen molar-refractivity contribution in [1.82, 2.24) is 0 Å². The fraction of sp³-hybridized carbons (Fsp3) is 0.533. The van der Waals surface area contributed by atoms with Crippen molar-refractivity contribution >= 4 is 23.3 Å². The maximum absolute atomic E-state index is 12.1. The summed E-state index contributed by atoms with van der Waals surface area (Å²) in [6.07, 6.45) is 2.95. The first-order valence-electron chi connectivity index (χ1n) is 6.73. The molecule has 3 unspecified atom stereocenters. The number of nitrogens with two attached hydrogens (primary N) is 1. The third-order valence-corrected chi connectivity index (χ3v) is 4.36. The Morgan fingerprint density at radius 2 is 2.05 bits per heavy atom. The highest BCUT2D eigenvalue weighted by atomic mass is 35.5. The van der Waals surface area contributed by atoms with E-state index in [-0.39, 0.29) is 12.1 Å². The molecule has 104 valence electrons. The number of anilines is 1. The third-order valence-electron chi connectivity index (χ3n) is 4.03. The molecule has 4 heteroatoms. The molecule has 0 aliphatic heterocycles. The molecule has 1 aromatic carbocycles. The molecule has 2 rings (SSSR count). The van der Waals surface area contributed by atoms with Crippen LogP contribution < -0.4 is 5.73 Å². The zero-order valence-electron chi connectivity index (χ0n) is 11.4. The molecule has 3 nitrogen and oxygen atoms in total. The summed E-state index contributed by atoms with van der Waals surface area (Å²) in [6.45, 7) is 4.45. The number of carbonyl (C=O) groups is 1. The van der Waals surface area contributed by atoms with Gasteiger partial charge in [0.25, 0.3) is 0 Å². The van der Waals surface area contributed by atoms with E-state index in [9.17, 15) is 4.79 Å². The Morgan fingerprint density at radius 1 is 1.32 bits per heavy atom. The second kappa shape index (κ2) is 5.83. The zero-order chi connectivity index (χ0) is 14.0. The van der Waals surface area contributed by atoms with E-state index in [1.807, 2.05) is 0 Å². The van der Waals surface area contributed by atoms with Gasteiger partial charge in [-0.3, -0.25) is 0 Å². The summed E-state index contributed by atoms with van der Waals surface area (Å²) in [5.74, 6) is 0.915. The van der Waals surface area contributed by atoms with Crippen LogP contribution in [0.1, 0.15) is 43.5 Å². The number of rotatable bonds is 2. The Labute approximate surface area is 119 Å². The third kappa shape index (κ3) is 3.41. The van der Waals surface area contributed by atoms with Crippen LogP contribution >= 0.6 is 11.6 Å². The van der Waals surface area contributed by atoms with Crippen molar-refractivity contribution in [2.75, 3.05) is 5.73 Å². The first-order chi connectivity index (χ1) is 8.97. The predicted molar refractivity (Wildman–Crippen MR) is 77.2 cm³/mol. The molecule has 0 saturated heterocycles. The van der Waals surface area contributed by atoms with Gasteiger partial charge in [0.2, 0.25) is 0 Å². The van der Waals surface area contributed by atoms with E-state index < -0.39 is 0 Å². The van der Waals surface area contributed by atoms with Gasteiger partial charge in [0.1, 0.15) is 6.10 Å². The van der Waals surface area contributed by atoms with Gasteiger partial charge in [0.05, 0.1) is 10.6 Å². The molecule has 19 heavy (non-hydrogen) atoms. The minimum atomic E-state index is -0.371. The quantitative estimate of drug-likeness (QED) is 0.661. The van der Waals surface area contributed by atoms with Gasteiger partial charge in [-0.2, -0.15) is 0 Å². The average Bonchev–Trinajstić information content (AvgIpc) is 2.36. The van der Waals surface area contributed by atoms with Crippen molar-refractivity contribution in [2.45, 2.75) is 39.2 Å². The van der Waals surface area contributed by atoms with Gasteiger partial charge in [-0.25, -0.2) is 4.79 Å². The van der Waals surface area contributed by atoms with E-state index in [2.05, 4.69) is 13.8 Å². The Bertz CT molecular complexity index is 475. The summed E-state index contributed by atoms with van der Waals surface area (Å²) in [5, 5.41) is 0.386. The normalized spacial score (nSPS) is 27.0. The van der Waals surface area contributed by atoms with Gasteiger partial charge in [0.15, 0.2) is 0 Å². The lowest BCUT2D eigenvalue weighted by molar-refractivity contribution is 0.00881. The smallest absolute Gasteiger partial charge is 0.340 e. The van der Waals surface area contributed by atoms with Gasteiger partial charge < -0.3 is 10.5 Å². The number of hydrogen-bond donors (Lipinski definition) is 1. The lowest BCUT2D eigenvalue weighted by Gasteiger charge is -2.31. The van der Waals surface area contributed by atoms with Gasteiger partial charge in [-0.05, 0) is 49.3 Å². The van der Waals surface area contributed by atoms with Crippen LogP contribution in [0.5, 0.6) is 0 Å². The molecule has 1 fully saturated rings. The molecular formula is C15H20ClNO2. The van der Waals surface area contributed by atoms with E-state index in [4.69, 9.17) is 22.1 Å². The number of nitrogen functional groups attached to an aromatic ring is 1. The largest absolute Gasteiger partial charge is 0.459 e. The molecular weight excluding hydrogens is 262 g/mol. The summed E-state index contributed by atoms with van der Waals surface area (Å²) < 4.78 is 5.55. The van der Waals surface area contributed by atoms with E-state index >= 15 is 0 Å². The molecule has 3 atom stereocenters. The predicted octanol–water partition coefficient (Wildman–Crippen LogP) is 3.90. The summed E-state index contributed by atoms with van der Waals surface area (Å²) in [6, 6.07) is 4.86. The summed E-state index contributed by atoms with van der Waals surface area (Å²) in [4.78, 5) is 12.1. The van der Waals surface area contributed by atoms with Crippen LogP contribution in [0, 0.1) is 11.8 Å². The van der Waals surface area contributed by atoms with Crippen LogP contribution in [-0.4, -0.2) is 12.1 Å². The number of halogens is 1. The number of benzene rings is 1. The molecule has 0 spiro atoms. The maximum Gasteiger partial charge on any atom is 0.340 e. The van der Waals surface area contributed by atoms with Crippen molar-refractivity contribution in [2.24, 2.45) is 11.8 Å². The second-order valence-corrected chi connectivity index (χ2v) is 5.94. The van der Waals surface area contributed by atoms with E-state index in [1.54, 1.807) is 18.2 Å². The standard InChI is InChI=1S/C15H20ClNO2/c1-9-3-5-12(7-10(9)2)19-15(18)13-8-11(17)4-6-14(13)16/h4,6,8-10,12H,3,5,7,17H2,1-2H3. The molecule has 1 aromatic rings. The Hall–Kier alpha value is -1.22. The SMILES string of the molecule is CC1CCC(OC(=O)c2cc(N)ccc2Cl)CC1C. The first kappa shape index (κ1) is 14.2. The molecule has 0 bridgehead atoms. The highest BCUT2D eigenvalue weighted by molar-refractivity contribution is 6.33. The summed E-state index contributed by atoms with van der Waals surface area (Å²) in [7, 11) is 0. The molecule has 0 aromatic heterocycles. The molecule has 0 radical (unpaired) electrons. The molecule has 2 N–H and O–H groups in total. The van der Waals surface area contributed by atoms with Crippen molar-refractivity contribution in [1.29, 1.82) is 0 Å². The van der Waals surface area contributed by atoms with E-state index in [0.29, 0.717) is 28.1 Å². The summed E-state index contributed by atoms with van der Waals surface area (Å²) >= 11 is 6.00. The monoisotopic (exact) mass is 281 g/mol. The van der Waals surface area contributed by atoms with Gasteiger partial charge in [-0.15, -0.1) is 0 Å². The molecule has 0 amide bonds. The van der Waals surface area contributed by atoms with Crippen molar-refractivity contribution < 1.29 is 9.53 Å². The fourth-order valence-corrected chi connectivity index (χ4v) is 2.71. The zero-order valence-corrected chi connectivity index (χ0v) is 12.1.